The van der Waals surface area contributed by atoms with E-state index in [1.807, 2.05) is 48.5 Å². The van der Waals surface area contributed by atoms with Crippen LogP contribution >= 0.6 is 11.6 Å². The lowest BCUT2D eigenvalue weighted by Gasteiger charge is -2.10. The molecule has 20 heavy (non-hydrogen) atoms. The van der Waals surface area contributed by atoms with E-state index in [0.717, 1.165) is 22.2 Å². The number of nitrogens with two attached hydrogens (primary N) is 1. The molecule has 0 aliphatic rings. The highest BCUT2D eigenvalue weighted by molar-refractivity contribution is 6.30. The zero-order valence-electron chi connectivity index (χ0n) is 10.7. The number of anilines is 1. The van der Waals surface area contributed by atoms with Crippen molar-refractivity contribution in [1.29, 1.82) is 0 Å². The van der Waals surface area contributed by atoms with Gasteiger partial charge in [-0.1, -0.05) is 23.7 Å². The summed E-state index contributed by atoms with van der Waals surface area (Å²) >= 11 is 5.96. The Bertz CT molecular complexity index is 758. The summed E-state index contributed by atoms with van der Waals surface area (Å²) in [6.07, 6.45) is 1.73. The molecule has 2 aromatic carbocycles. The van der Waals surface area contributed by atoms with Crippen molar-refractivity contribution in [1.82, 2.24) is 4.98 Å². The number of hydrogen-bond donors (Lipinski definition) is 1. The molecule has 3 aromatic rings. The normalized spacial score (nSPS) is 10.7. The van der Waals surface area contributed by atoms with Crippen LogP contribution in [0, 0.1) is 0 Å². The molecule has 0 fully saturated rings. The summed E-state index contributed by atoms with van der Waals surface area (Å²) in [7, 11) is 0. The maximum absolute atomic E-state index is 5.96. The molecule has 0 atom stereocenters. The van der Waals surface area contributed by atoms with Crippen molar-refractivity contribution in [2.24, 2.45) is 0 Å². The van der Waals surface area contributed by atoms with Gasteiger partial charge in [0.2, 0.25) is 0 Å². The number of rotatable bonds is 3. The van der Waals surface area contributed by atoms with Crippen LogP contribution < -0.4 is 10.5 Å². The molecule has 2 N–H and O–H groups in total. The molecule has 0 unspecified atom stereocenters. The lowest BCUT2D eigenvalue weighted by Crippen LogP contribution is -1.98. The fourth-order valence-corrected chi connectivity index (χ4v) is 2.29. The SMILES string of the molecule is Nc1ccc(OCc2cccc(Cl)c2)c2ncccc12. The summed E-state index contributed by atoms with van der Waals surface area (Å²) in [5.74, 6) is 0.717. The highest BCUT2D eigenvalue weighted by Crippen LogP contribution is 2.28. The van der Waals surface area contributed by atoms with Gasteiger partial charge >= 0.3 is 0 Å². The Balaban J connectivity index is 1.90. The topological polar surface area (TPSA) is 48.1 Å². The fourth-order valence-electron chi connectivity index (χ4n) is 2.07. The van der Waals surface area contributed by atoms with Gasteiger partial charge in [0.05, 0.1) is 0 Å². The summed E-state index contributed by atoms with van der Waals surface area (Å²) in [6, 6.07) is 15.1. The van der Waals surface area contributed by atoms with Gasteiger partial charge < -0.3 is 10.5 Å². The van der Waals surface area contributed by atoms with Gasteiger partial charge in [-0.2, -0.15) is 0 Å². The van der Waals surface area contributed by atoms with Gasteiger partial charge in [0, 0.05) is 22.3 Å². The van der Waals surface area contributed by atoms with Crippen LogP contribution in [0.5, 0.6) is 5.75 Å². The van der Waals surface area contributed by atoms with E-state index in [2.05, 4.69) is 4.98 Å². The molecular formula is C16H13ClN2O. The van der Waals surface area contributed by atoms with Crippen LogP contribution in [0.15, 0.2) is 54.7 Å². The number of benzene rings is 2. The van der Waals surface area contributed by atoms with Gasteiger partial charge in [0.1, 0.15) is 17.9 Å². The maximum atomic E-state index is 5.96. The van der Waals surface area contributed by atoms with Crippen molar-refractivity contribution in [2.75, 3.05) is 5.73 Å². The fraction of sp³-hybridized carbons (Fsp3) is 0.0625. The van der Waals surface area contributed by atoms with Crippen LogP contribution in [-0.2, 0) is 6.61 Å². The Kier molecular flexibility index (Phi) is 3.44. The van der Waals surface area contributed by atoms with Crippen molar-refractivity contribution >= 4 is 28.2 Å². The highest BCUT2D eigenvalue weighted by atomic mass is 35.5. The molecule has 3 nitrogen and oxygen atoms in total. The first-order chi connectivity index (χ1) is 9.74. The molecule has 0 aliphatic heterocycles. The molecule has 1 heterocycles. The summed E-state index contributed by atoms with van der Waals surface area (Å²) in [5, 5.41) is 1.60. The van der Waals surface area contributed by atoms with E-state index in [-0.39, 0.29) is 0 Å². The minimum atomic E-state index is 0.441. The molecule has 3 rings (SSSR count). The van der Waals surface area contributed by atoms with Crippen LogP contribution in [0.3, 0.4) is 0 Å². The molecule has 0 aliphatic carbocycles. The van der Waals surface area contributed by atoms with Gasteiger partial charge in [-0.05, 0) is 42.0 Å². The second-order valence-electron chi connectivity index (χ2n) is 4.47. The van der Waals surface area contributed by atoms with Gasteiger partial charge in [-0.15, -0.1) is 0 Å². The zero-order chi connectivity index (χ0) is 13.9. The van der Waals surface area contributed by atoms with Gasteiger partial charge in [0.25, 0.3) is 0 Å². The van der Waals surface area contributed by atoms with E-state index in [0.29, 0.717) is 17.3 Å². The van der Waals surface area contributed by atoms with Crippen molar-refractivity contribution < 1.29 is 4.74 Å². The number of halogens is 1. The average molecular weight is 285 g/mol. The number of ether oxygens (including phenoxy) is 1. The molecule has 4 heteroatoms. The third kappa shape index (κ3) is 2.53. The molecule has 0 radical (unpaired) electrons. The smallest absolute Gasteiger partial charge is 0.146 e. The Morgan fingerprint density at radius 3 is 2.85 bits per heavy atom. The third-order valence-corrected chi connectivity index (χ3v) is 3.28. The van der Waals surface area contributed by atoms with E-state index in [4.69, 9.17) is 22.1 Å². The molecular weight excluding hydrogens is 272 g/mol. The van der Waals surface area contributed by atoms with Crippen molar-refractivity contribution in [3.63, 3.8) is 0 Å². The summed E-state index contributed by atoms with van der Waals surface area (Å²) in [4.78, 5) is 4.34. The number of pyridine rings is 1. The predicted octanol–water partition coefficient (Wildman–Crippen LogP) is 4.05. The average Bonchev–Trinajstić information content (AvgIpc) is 2.47. The Morgan fingerprint density at radius 2 is 2.00 bits per heavy atom. The van der Waals surface area contributed by atoms with Gasteiger partial charge in [0.15, 0.2) is 0 Å². The first-order valence-corrected chi connectivity index (χ1v) is 6.62. The molecule has 0 bridgehead atoms. The van der Waals surface area contributed by atoms with Crippen LogP contribution in [-0.4, -0.2) is 4.98 Å². The Morgan fingerprint density at radius 1 is 1.10 bits per heavy atom. The van der Waals surface area contributed by atoms with Crippen LogP contribution in [0.2, 0.25) is 5.02 Å². The first kappa shape index (κ1) is 12.8. The van der Waals surface area contributed by atoms with E-state index >= 15 is 0 Å². The van der Waals surface area contributed by atoms with Crippen LogP contribution in [0.1, 0.15) is 5.56 Å². The Labute approximate surface area is 122 Å². The molecule has 100 valence electrons. The largest absolute Gasteiger partial charge is 0.487 e. The lowest BCUT2D eigenvalue weighted by molar-refractivity contribution is 0.309. The second kappa shape index (κ2) is 5.39. The van der Waals surface area contributed by atoms with Crippen molar-refractivity contribution in [3.05, 3.63) is 65.3 Å². The summed E-state index contributed by atoms with van der Waals surface area (Å²) in [5.41, 5.74) is 8.42. The number of fused-ring (bicyclic) bond motifs is 1. The highest BCUT2D eigenvalue weighted by Gasteiger charge is 2.06. The predicted molar refractivity (Wildman–Crippen MR) is 81.9 cm³/mol. The van der Waals surface area contributed by atoms with Gasteiger partial charge in [-0.25, -0.2) is 0 Å². The van der Waals surface area contributed by atoms with Crippen LogP contribution in [0.25, 0.3) is 10.9 Å². The quantitative estimate of drug-likeness (QED) is 0.738. The van der Waals surface area contributed by atoms with E-state index < -0.39 is 0 Å². The van der Waals surface area contributed by atoms with Gasteiger partial charge in [-0.3, -0.25) is 4.98 Å². The number of aromatic nitrogens is 1. The first-order valence-electron chi connectivity index (χ1n) is 6.24. The maximum Gasteiger partial charge on any atom is 0.146 e. The van der Waals surface area contributed by atoms with E-state index in [1.165, 1.54) is 0 Å². The van der Waals surface area contributed by atoms with E-state index in [1.54, 1.807) is 6.20 Å². The molecule has 0 saturated carbocycles. The Hall–Kier alpha value is -2.26. The second-order valence-corrected chi connectivity index (χ2v) is 4.91. The molecule has 1 aromatic heterocycles. The van der Waals surface area contributed by atoms with Crippen LogP contribution in [0.4, 0.5) is 5.69 Å². The summed E-state index contributed by atoms with van der Waals surface area (Å²) in [6.45, 7) is 0.441. The number of nitrogen functional groups attached to an aromatic ring is 1. The summed E-state index contributed by atoms with van der Waals surface area (Å²) < 4.78 is 5.84. The molecule has 0 saturated heterocycles. The van der Waals surface area contributed by atoms with E-state index in [9.17, 15) is 0 Å². The number of hydrogen-bond acceptors (Lipinski definition) is 3. The van der Waals surface area contributed by atoms with Crippen molar-refractivity contribution in [3.8, 4) is 5.75 Å². The lowest BCUT2D eigenvalue weighted by atomic mass is 10.1. The zero-order valence-corrected chi connectivity index (χ0v) is 11.5. The standard InChI is InChI=1S/C16H13ClN2O/c17-12-4-1-3-11(9-12)10-20-15-7-6-14(18)13-5-2-8-19-16(13)15/h1-9H,10,18H2. The monoisotopic (exact) mass is 284 g/mol. The minimum Gasteiger partial charge on any atom is -0.487 e. The molecule has 0 amide bonds. The minimum absolute atomic E-state index is 0.441. The van der Waals surface area contributed by atoms with Crippen molar-refractivity contribution in [2.45, 2.75) is 6.61 Å². The third-order valence-electron chi connectivity index (χ3n) is 3.05. The molecule has 0 spiro atoms. The number of nitrogens with zero attached hydrogens (tertiary/aromatic N) is 1.